The third kappa shape index (κ3) is 6.23. The Kier molecular flexibility index (Phi) is 6.64. The van der Waals surface area contributed by atoms with Gasteiger partial charge in [0.1, 0.15) is 0 Å². The van der Waals surface area contributed by atoms with Crippen LogP contribution in [0, 0.1) is 0 Å². The van der Waals surface area contributed by atoms with Crippen molar-refractivity contribution in [1.82, 2.24) is 4.90 Å². The number of nitrogen functional groups attached to an aromatic ring is 1. The summed E-state index contributed by atoms with van der Waals surface area (Å²) in [6.45, 7) is 2.27. The van der Waals surface area contributed by atoms with Crippen molar-refractivity contribution in [3.05, 3.63) is 60.2 Å². The molecule has 0 aromatic heterocycles. The minimum atomic E-state index is 0.833. The molecule has 0 aliphatic heterocycles. The number of hydrogen-bond donors (Lipinski definition) is 1. The van der Waals surface area contributed by atoms with E-state index in [1.54, 1.807) is 0 Å². The summed E-state index contributed by atoms with van der Waals surface area (Å²) < 4.78 is 0. The predicted molar refractivity (Wildman–Crippen MR) is 93.8 cm³/mol. The van der Waals surface area contributed by atoms with Crippen LogP contribution in [0.25, 0.3) is 0 Å². The summed E-state index contributed by atoms with van der Waals surface area (Å²) in [5, 5.41) is 0. The summed E-state index contributed by atoms with van der Waals surface area (Å²) in [4.78, 5) is 3.72. The van der Waals surface area contributed by atoms with Gasteiger partial charge in [-0.1, -0.05) is 30.3 Å². The maximum atomic E-state index is 5.69. The SMILES string of the molecule is CN(CCCSc1ccc(N)cc1)CCc1ccccc1. The number of anilines is 1. The second-order valence-electron chi connectivity index (χ2n) is 5.31. The van der Waals surface area contributed by atoms with Crippen LogP contribution in [0.1, 0.15) is 12.0 Å². The highest BCUT2D eigenvalue weighted by Gasteiger charge is 2.00. The molecular formula is C18H24N2S. The Labute approximate surface area is 132 Å². The summed E-state index contributed by atoms with van der Waals surface area (Å²) >= 11 is 1.90. The van der Waals surface area contributed by atoms with E-state index in [4.69, 9.17) is 5.73 Å². The van der Waals surface area contributed by atoms with Gasteiger partial charge in [0.25, 0.3) is 0 Å². The molecule has 0 aliphatic rings. The van der Waals surface area contributed by atoms with Gasteiger partial charge in [-0.25, -0.2) is 0 Å². The molecule has 21 heavy (non-hydrogen) atoms. The number of thioether (sulfide) groups is 1. The van der Waals surface area contributed by atoms with E-state index in [-0.39, 0.29) is 0 Å². The average Bonchev–Trinajstić information content (AvgIpc) is 2.52. The lowest BCUT2D eigenvalue weighted by molar-refractivity contribution is 0.340. The van der Waals surface area contributed by atoms with Crippen molar-refractivity contribution in [2.24, 2.45) is 0 Å². The smallest absolute Gasteiger partial charge is 0.0314 e. The van der Waals surface area contributed by atoms with Crippen LogP contribution < -0.4 is 5.73 Å². The molecule has 0 spiro atoms. The van der Waals surface area contributed by atoms with Gasteiger partial charge < -0.3 is 10.6 Å². The van der Waals surface area contributed by atoms with E-state index >= 15 is 0 Å². The molecule has 3 heteroatoms. The summed E-state index contributed by atoms with van der Waals surface area (Å²) in [7, 11) is 2.21. The highest BCUT2D eigenvalue weighted by Crippen LogP contribution is 2.19. The molecule has 0 heterocycles. The molecular weight excluding hydrogens is 276 g/mol. The standard InChI is InChI=1S/C18H24N2S/c1-20(14-12-16-6-3-2-4-7-16)13-5-15-21-18-10-8-17(19)9-11-18/h2-4,6-11H,5,12-15,19H2,1H3. The van der Waals surface area contributed by atoms with Gasteiger partial charge in [0, 0.05) is 17.1 Å². The van der Waals surface area contributed by atoms with E-state index in [2.05, 4.69) is 54.4 Å². The Bertz CT molecular complexity index is 511. The van der Waals surface area contributed by atoms with Crippen molar-refractivity contribution in [2.75, 3.05) is 31.6 Å². The molecule has 0 bridgehead atoms. The van der Waals surface area contributed by atoms with Crippen LogP contribution >= 0.6 is 11.8 Å². The van der Waals surface area contributed by atoms with Crippen LogP contribution in [0.2, 0.25) is 0 Å². The highest BCUT2D eigenvalue weighted by atomic mass is 32.2. The fraction of sp³-hybridized carbons (Fsp3) is 0.333. The first-order valence-electron chi connectivity index (χ1n) is 7.45. The monoisotopic (exact) mass is 300 g/mol. The molecule has 0 radical (unpaired) electrons. The molecule has 0 amide bonds. The molecule has 0 aliphatic carbocycles. The second-order valence-corrected chi connectivity index (χ2v) is 6.48. The molecule has 0 saturated heterocycles. The zero-order chi connectivity index (χ0) is 14.9. The molecule has 2 nitrogen and oxygen atoms in total. The van der Waals surface area contributed by atoms with Crippen LogP contribution in [-0.4, -0.2) is 30.8 Å². The summed E-state index contributed by atoms with van der Waals surface area (Å²) in [6, 6.07) is 18.8. The Morgan fingerprint density at radius 2 is 1.67 bits per heavy atom. The van der Waals surface area contributed by atoms with Crippen LogP contribution in [-0.2, 0) is 6.42 Å². The van der Waals surface area contributed by atoms with Crippen LogP contribution in [0.15, 0.2) is 59.5 Å². The van der Waals surface area contributed by atoms with Gasteiger partial charge in [0.15, 0.2) is 0 Å². The first-order chi connectivity index (χ1) is 10.2. The lowest BCUT2D eigenvalue weighted by Crippen LogP contribution is -2.22. The van der Waals surface area contributed by atoms with Crippen molar-refractivity contribution in [1.29, 1.82) is 0 Å². The zero-order valence-corrected chi connectivity index (χ0v) is 13.5. The minimum Gasteiger partial charge on any atom is -0.399 e. The molecule has 2 aromatic carbocycles. The number of nitrogens with two attached hydrogens (primary N) is 1. The maximum absolute atomic E-state index is 5.69. The average molecular weight is 300 g/mol. The van der Waals surface area contributed by atoms with Crippen molar-refractivity contribution in [3.8, 4) is 0 Å². The number of likely N-dealkylation sites (N-methyl/N-ethyl adjacent to an activating group) is 1. The third-order valence-corrected chi connectivity index (χ3v) is 4.56. The Morgan fingerprint density at radius 1 is 0.952 bits per heavy atom. The Morgan fingerprint density at radius 3 is 2.38 bits per heavy atom. The molecule has 2 rings (SSSR count). The van der Waals surface area contributed by atoms with E-state index in [0.717, 1.165) is 31.0 Å². The normalized spacial score (nSPS) is 11.0. The second kappa shape index (κ2) is 8.75. The molecule has 2 aromatic rings. The molecule has 112 valence electrons. The number of rotatable bonds is 8. The van der Waals surface area contributed by atoms with Crippen molar-refractivity contribution in [2.45, 2.75) is 17.7 Å². The van der Waals surface area contributed by atoms with Gasteiger partial charge in [-0.05, 0) is 62.0 Å². The summed E-state index contributed by atoms with van der Waals surface area (Å²) in [6.07, 6.45) is 2.34. The van der Waals surface area contributed by atoms with Gasteiger partial charge in [0.05, 0.1) is 0 Å². The maximum Gasteiger partial charge on any atom is 0.0314 e. The zero-order valence-electron chi connectivity index (χ0n) is 12.7. The Hall–Kier alpha value is -1.45. The summed E-state index contributed by atoms with van der Waals surface area (Å²) in [5.74, 6) is 1.15. The molecule has 0 saturated carbocycles. The molecule has 2 N–H and O–H groups in total. The van der Waals surface area contributed by atoms with E-state index in [0.29, 0.717) is 0 Å². The summed E-state index contributed by atoms with van der Waals surface area (Å²) in [5.41, 5.74) is 7.94. The lowest BCUT2D eigenvalue weighted by Gasteiger charge is -2.16. The molecule has 0 atom stereocenters. The van der Waals surface area contributed by atoms with Crippen LogP contribution in [0.4, 0.5) is 5.69 Å². The van der Waals surface area contributed by atoms with Crippen LogP contribution in [0.5, 0.6) is 0 Å². The quantitative estimate of drug-likeness (QED) is 0.455. The van der Waals surface area contributed by atoms with E-state index < -0.39 is 0 Å². The van der Waals surface area contributed by atoms with Crippen molar-refractivity contribution in [3.63, 3.8) is 0 Å². The van der Waals surface area contributed by atoms with Gasteiger partial charge in [-0.2, -0.15) is 0 Å². The Balaban J connectivity index is 1.59. The third-order valence-electron chi connectivity index (χ3n) is 3.46. The van der Waals surface area contributed by atoms with E-state index in [9.17, 15) is 0 Å². The van der Waals surface area contributed by atoms with Crippen molar-refractivity contribution < 1.29 is 0 Å². The number of hydrogen-bond acceptors (Lipinski definition) is 3. The fourth-order valence-electron chi connectivity index (χ4n) is 2.16. The molecule has 0 fully saturated rings. The van der Waals surface area contributed by atoms with Crippen molar-refractivity contribution >= 4 is 17.4 Å². The topological polar surface area (TPSA) is 29.3 Å². The van der Waals surface area contributed by atoms with Gasteiger partial charge >= 0.3 is 0 Å². The van der Waals surface area contributed by atoms with Gasteiger partial charge in [-0.3, -0.25) is 0 Å². The highest BCUT2D eigenvalue weighted by molar-refractivity contribution is 7.99. The molecule has 0 unspecified atom stereocenters. The lowest BCUT2D eigenvalue weighted by atomic mass is 10.1. The minimum absolute atomic E-state index is 0.833. The number of nitrogens with zero attached hydrogens (tertiary/aromatic N) is 1. The van der Waals surface area contributed by atoms with Crippen LogP contribution in [0.3, 0.4) is 0 Å². The first-order valence-corrected chi connectivity index (χ1v) is 8.43. The van der Waals surface area contributed by atoms with E-state index in [1.807, 2.05) is 23.9 Å². The number of benzene rings is 2. The van der Waals surface area contributed by atoms with E-state index in [1.165, 1.54) is 16.9 Å². The fourth-order valence-corrected chi connectivity index (χ4v) is 3.00. The first kappa shape index (κ1) is 15.9. The van der Waals surface area contributed by atoms with Gasteiger partial charge in [0.2, 0.25) is 0 Å². The van der Waals surface area contributed by atoms with Gasteiger partial charge in [-0.15, -0.1) is 11.8 Å². The predicted octanol–water partition coefficient (Wildman–Crippen LogP) is 3.93. The largest absolute Gasteiger partial charge is 0.399 e.